The summed E-state index contributed by atoms with van der Waals surface area (Å²) in [5.74, 6) is 0. The molecule has 3 heterocycles. The van der Waals surface area contributed by atoms with Gasteiger partial charge in [-0.3, -0.25) is 0 Å². The second kappa shape index (κ2) is 5.12. The average molecular weight is 326 g/mol. The Hall–Kier alpha value is -1.37. The molecule has 7 heteroatoms. The molecule has 0 aromatic carbocycles. The lowest BCUT2D eigenvalue weighted by Gasteiger charge is -2.34. The van der Waals surface area contributed by atoms with E-state index in [2.05, 4.69) is 9.55 Å². The number of rotatable bonds is 2. The van der Waals surface area contributed by atoms with Crippen molar-refractivity contribution in [2.24, 2.45) is 0 Å². The van der Waals surface area contributed by atoms with Gasteiger partial charge in [0.2, 0.25) is 10.0 Å². The SMILES string of the molecule is Cc1ccc2n1CCN(S(=O)(=O)c1ccnc(Cl)c1)C2C. The molecule has 112 valence electrons. The molecule has 1 aliphatic heterocycles. The highest BCUT2D eigenvalue weighted by molar-refractivity contribution is 7.89. The second-order valence-corrected chi connectivity index (χ2v) is 7.44. The average Bonchev–Trinajstić information content (AvgIpc) is 2.82. The molecule has 0 bridgehead atoms. The maximum Gasteiger partial charge on any atom is 0.243 e. The minimum absolute atomic E-state index is 0.181. The van der Waals surface area contributed by atoms with E-state index < -0.39 is 10.0 Å². The van der Waals surface area contributed by atoms with Crippen LogP contribution in [0, 0.1) is 6.92 Å². The van der Waals surface area contributed by atoms with Crippen molar-refractivity contribution in [1.29, 1.82) is 0 Å². The van der Waals surface area contributed by atoms with Gasteiger partial charge in [-0.1, -0.05) is 11.6 Å². The molecule has 21 heavy (non-hydrogen) atoms. The molecule has 0 saturated heterocycles. The maximum atomic E-state index is 12.8. The molecule has 1 atom stereocenters. The highest BCUT2D eigenvalue weighted by Crippen LogP contribution is 2.32. The summed E-state index contributed by atoms with van der Waals surface area (Å²) in [7, 11) is -3.57. The number of aromatic nitrogens is 2. The minimum atomic E-state index is -3.57. The Morgan fingerprint density at radius 2 is 2.05 bits per heavy atom. The lowest BCUT2D eigenvalue weighted by atomic mass is 10.2. The van der Waals surface area contributed by atoms with Gasteiger partial charge in [0.15, 0.2) is 0 Å². The van der Waals surface area contributed by atoms with Crippen molar-refractivity contribution in [2.75, 3.05) is 6.54 Å². The van der Waals surface area contributed by atoms with E-state index in [0.717, 1.165) is 11.4 Å². The van der Waals surface area contributed by atoms with E-state index in [0.29, 0.717) is 13.1 Å². The topological polar surface area (TPSA) is 55.2 Å². The zero-order chi connectivity index (χ0) is 15.2. The van der Waals surface area contributed by atoms with Crippen LogP contribution < -0.4 is 0 Å². The molecule has 2 aromatic heterocycles. The predicted octanol–water partition coefficient (Wildman–Crippen LogP) is 2.61. The Labute approximate surface area is 129 Å². The van der Waals surface area contributed by atoms with Crippen LogP contribution in [-0.2, 0) is 16.6 Å². The zero-order valence-electron chi connectivity index (χ0n) is 11.8. The lowest BCUT2D eigenvalue weighted by molar-refractivity contribution is 0.280. The van der Waals surface area contributed by atoms with Gasteiger partial charge in [0.05, 0.1) is 10.9 Å². The van der Waals surface area contributed by atoms with Crippen LogP contribution in [-0.4, -0.2) is 28.8 Å². The van der Waals surface area contributed by atoms with Gasteiger partial charge in [-0.05, 0) is 38.1 Å². The Bertz CT molecular complexity index is 785. The maximum absolute atomic E-state index is 12.8. The molecule has 0 saturated carbocycles. The second-order valence-electron chi connectivity index (χ2n) is 5.16. The fourth-order valence-electron chi connectivity index (χ4n) is 2.81. The molecule has 0 aliphatic carbocycles. The summed E-state index contributed by atoms with van der Waals surface area (Å²) >= 11 is 5.81. The standard InChI is InChI=1S/C14H16ClN3O2S/c1-10-3-4-13-11(2)18(8-7-17(10)13)21(19,20)12-5-6-16-14(15)9-12/h3-6,9,11H,7-8H2,1-2H3. The van der Waals surface area contributed by atoms with Crippen LogP contribution in [0.2, 0.25) is 5.15 Å². The fraction of sp³-hybridized carbons (Fsp3) is 0.357. The summed E-state index contributed by atoms with van der Waals surface area (Å²) in [6.45, 7) is 5.05. The molecule has 0 N–H and O–H groups in total. The van der Waals surface area contributed by atoms with Crippen molar-refractivity contribution in [3.8, 4) is 0 Å². The van der Waals surface area contributed by atoms with E-state index in [-0.39, 0.29) is 16.1 Å². The van der Waals surface area contributed by atoms with Crippen molar-refractivity contribution in [2.45, 2.75) is 31.3 Å². The molecule has 0 radical (unpaired) electrons. The first-order valence-corrected chi connectivity index (χ1v) is 8.52. The Morgan fingerprint density at radius 1 is 1.29 bits per heavy atom. The van der Waals surface area contributed by atoms with Gasteiger partial charge in [0.1, 0.15) is 5.15 Å². The van der Waals surface area contributed by atoms with E-state index in [4.69, 9.17) is 11.6 Å². The van der Waals surface area contributed by atoms with Gasteiger partial charge in [-0.2, -0.15) is 4.31 Å². The monoisotopic (exact) mass is 325 g/mol. The molecule has 0 amide bonds. The molecule has 5 nitrogen and oxygen atoms in total. The number of hydrogen-bond acceptors (Lipinski definition) is 3. The molecule has 1 aliphatic rings. The Morgan fingerprint density at radius 3 is 2.76 bits per heavy atom. The highest BCUT2D eigenvalue weighted by atomic mass is 35.5. The van der Waals surface area contributed by atoms with E-state index >= 15 is 0 Å². The van der Waals surface area contributed by atoms with Gasteiger partial charge in [-0.25, -0.2) is 13.4 Å². The third kappa shape index (κ3) is 2.37. The Balaban J connectivity index is 2.01. The van der Waals surface area contributed by atoms with Crippen molar-refractivity contribution in [1.82, 2.24) is 13.9 Å². The third-order valence-corrected chi connectivity index (χ3v) is 6.11. The number of aryl methyl sites for hydroxylation is 1. The quantitative estimate of drug-likeness (QED) is 0.797. The number of fused-ring (bicyclic) bond motifs is 1. The van der Waals surface area contributed by atoms with Crippen LogP contribution in [0.15, 0.2) is 35.4 Å². The van der Waals surface area contributed by atoms with Crippen LogP contribution in [0.5, 0.6) is 0 Å². The van der Waals surface area contributed by atoms with Gasteiger partial charge >= 0.3 is 0 Å². The fourth-order valence-corrected chi connectivity index (χ4v) is 4.66. The normalized spacial score (nSPS) is 19.5. The van der Waals surface area contributed by atoms with Gasteiger partial charge in [-0.15, -0.1) is 0 Å². The first-order valence-electron chi connectivity index (χ1n) is 6.70. The summed E-state index contributed by atoms with van der Waals surface area (Å²) in [6.07, 6.45) is 1.41. The van der Waals surface area contributed by atoms with E-state index in [1.54, 1.807) is 0 Å². The van der Waals surface area contributed by atoms with Crippen LogP contribution in [0.25, 0.3) is 0 Å². The minimum Gasteiger partial charge on any atom is -0.346 e. The van der Waals surface area contributed by atoms with Gasteiger partial charge < -0.3 is 4.57 Å². The molecule has 3 rings (SSSR count). The van der Waals surface area contributed by atoms with Gasteiger partial charge in [0.25, 0.3) is 0 Å². The van der Waals surface area contributed by atoms with E-state index in [1.807, 2.05) is 26.0 Å². The lowest BCUT2D eigenvalue weighted by Crippen LogP contribution is -2.41. The number of halogens is 1. The van der Waals surface area contributed by atoms with Crippen LogP contribution >= 0.6 is 11.6 Å². The predicted molar refractivity (Wildman–Crippen MR) is 80.7 cm³/mol. The molecular formula is C14H16ClN3O2S. The van der Waals surface area contributed by atoms with Crippen molar-refractivity contribution < 1.29 is 8.42 Å². The zero-order valence-corrected chi connectivity index (χ0v) is 13.4. The number of pyridine rings is 1. The van der Waals surface area contributed by atoms with Crippen molar-refractivity contribution in [3.05, 3.63) is 47.0 Å². The highest BCUT2D eigenvalue weighted by Gasteiger charge is 2.34. The van der Waals surface area contributed by atoms with E-state index in [9.17, 15) is 8.42 Å². The first-order chi connectivity index (χ1) is 9.91. The van der Waals surface area contributed by atoms with Crippen LogP contribution in [0.4, 0.5) is 0 Å². The third-order valence-electron chi connectivity index (χ3n) is 3.94. The summed E-state index contributed by atoms with van der Waals surface area (Å²) in [5.41, 5.74) is 2.17. The number of sulfonamides is 1. The van der Waals surface area contributed by atoms with E-state index in [1.165, 1.54) is 22.6 Å². The van der Waals surface area contributed by atoms with Crippen molar-refractivity contribution in [3.63, 3.8) is 0 Å². The first kappa shape index (κ1) is 14.6. The largest absolute Gasteiger partial charge is 0.346 e. The molecule has 2 aromatic rings. The van der Waals surface area contributed by atoms with Gasteiger partial charge in [0, 0.05) is 30.7 Å². The molecule has 1 unspecified atom stereocenters. The molecular weight excluding hydrogens is 310 g/mol. The Kier molecular flexibility index (Phi) is 3.55. The number of hydrogen-bond donors (Lipinski definition) is 0. The summed E-state index contributed by atoms with van der Waals surface area (Å²) in [6, 6.07) is 6.67. The number of nitrogens with zero attached hydrogens (tertiary/aromatic N) is 3. The summed E-state index contributed by atoms with van der Waals surface area (Å²) in [4.78, 5) is 4.02. The summed E-state index contributed by atoms with van der Waals surface area (Å²) in [5, 5.41) is 0.181. The van der Waals surface area contributed by atoms with Crippen molar-refractivity contribution >= 4 is 21.6 Å². The molecule has 0 spiro atoms. The smallest absolute Gasteiger partial charge is 0.243 e. The molecule has 0 fully saturated rings. The van der Waals surface area contributed by atoms with Crippen LogP contribution in [0.1, 0.15) is 24.4 Å². The summed E-state index contributed by atoms with van der Waals surface area (Å²) < 4.78 is 29.3. The van der Waals surface area contributed by atoms with Crippen LogP contribution in [0.3, 0.4) is 0 Å².